The fraction of sp³-hybridized carbons (Fsp3) is 0.458. The Labute approximate surface area is 158 Å². The van der Waals surface area contributed by atoms with Crippen LogP contribution in [-0.4, -0.2) is 11.9 Å². The molecule has 0 radical (unpaired) electrons. The van der Waals surface area contributed by atoms with Crippen LogP contribution in [0.4, 0.5) is 0 Å². The molecule has 2 aromatic carbocycles. The highest BCUT2D eigenvalue weighted by Gasteiger charge is 2.25. The molecule has 0 fully saturated rings. The van der Waals surface area contributed by atoms with E-state index in [4.69, 9.17) is 0 Å². The molecule has 1 aliphatic carbocycles. The van der Waals surface area contributed by atoms with E-state index in [1.807, 2.05) is 0 Å². The van der Waals surface area contributed by atoms with Crippen LogP contribution in [0, 0.1) is 0 Å². The Balaban J connectivity index is 1.85. The van der Waals surface area contributed by atoms with Crippen molar-refractivity contribution in [3.05, 3.63) is 70.3 Å². The van der Waals surface area contributed by atoms with Crippen molar-refractivity contribution < 1.29 is 4.79 Å². The first-order chi connectivity index (χ1) is 12.0. The molecule has 0 aromatic heterocycles. The Morgan fingerprint density at radius 2 is 1.31 bits per heavy atom. The Hall–Kier alpha value is -2.09. The first kappa shape index (κ1) is 18.7. The van der Waals surface area contributed by atoms with E-state index in [1.54, 1.807) is 0 Å². The van der Waals surface area contributed by atoms with E-state index in [0.717, 1.165) is 18.4 Å². The number of carbonyl (C=O) groups excluding carboxylic acids is 1. The number of carbonyl (C=O) groups is 1. The molecule has 0 bridgehead atoms. The molecule has 0 heterocycles. The standard InChI is InChI=1S/C24H31NO/c1-23(2,3)19-11-18(12-20(15-19)24(4,5)6)22(26)25-21-13-16-9-7-8-10-17(16)14-21/h7-12,15,21H,13-14H2,1-6H3,(H,25,26). The normalized spacial score (nSPS) is 15.0. The molecule has 0 spiro atoms. The van der Waals surface area contributed by atoms with Crippen LogP contribution in [0.2, 0.25) is 0 Å². The Kier molecular flexibility index (Phi) is 4.72. The van der Waals surface area contributed by atoms with E-state index in [1.165, 1.54) is 22.3 Å². The highest BCUT2D eigenvalue weighted by molar-refractivity contribution is 5.95. The molecule has 26 heavy (non-hydrogen) atoms. The van der Waals surface area contributed by atoms with Crippen molar-refractivity contribution in [3.63, 3.8) is 0 Å². The number of hydrogen-bond acceptors (Lipinski definition) is 1. The summed E-state index contributed by atoms with van der Waals surface area (Å²) in [4.78, 5) is 13.0. The average Bonchev–Trinajstić information content (AvgIpc) is 2.95. The summed E-state index contributed by atoms with van der Waals surface area (Å²) in [5.74, 6) is 0.0411. The van der Waals surface area contributed by atoms with E-state index in [-0.39, 0.29) is 22.8 Å². The van der Waals surface area contributed by atoms with E-state index in [2.05, 4.69) is 89.3 Å². The molecule has 2 aromatic rings. The van der Waals surface area contributed by atoms with Gasteiger partial charge in [-0.1, -0.05) is 71.9 Å². The van der Waals surface area contributed by atoms with Gasteiger partial charge < -0.3 is 5.32 Å². The Morgan fingerprint density at radius 3 is 1.73 bits per heavy atom. The second-order valence-electron chi connectivity index (χ2n) is 9.65. The van der Waals surface area contributed by atoms with E-state index in [9.17, 15) is 4.79 Å². The number of rotatable bonds is 2. The average molecular weight is 350 g/mol. The fourth-order valence-electron chi connectivity index (χ4n) is 3.55. The van der Waals surface area contributed by atoms with Gasteiger partial charge in [-0.15, -0.1) is 0 Å². The van der Waals surface area contributed by atoms with Crippen molar-refractivity contribution in [1.29, 1.82) is 0 Å². The second-order valence-corrected chi connectivity index (χ2v) is 9.65. The zero-order valence-corrected chi connectivity index (χ0v) is 16.9. The van der Waals surface area contributed by atoms with Gasteiger partial charge in [0.25, 0.3) is 5.91 Å². The Bertz CT molecular complexity index is 764. The SMILES string of the molecule is CC(C)(C)c1cc(C(=O)NC2Cc3ccccc3C2)cc(C(C)(C)C)c1. The molecular weight excluding hydrogens is 318 g/mol. The van der Waals surface area contributed by atoms with Crippen molar-refractivity contribution in [2.24, 2.45) is 0 Å². The van der Waals surface area contributed by atoms with Crippen LogP contribution in [0.5, 0.6) is 0 Å². The number of amides is 1. The predicted octanol–water partition coefficient (Wildman–Crippen LogP) is 5.18. The minimum Gasteiger partial charge on any atom is -0.349 e. The maximum atomic E-state index is 13.0. The molecule has 1 aliphatic rings. The van der Waals surface area contributed by atoms with Crippen LogP contribution >= 0.6 is 0 Å². The van der Waals surface area contributed by atoms with Gasteiger partial charge >= 0.3 is 0 Å². The smallest absolute Gasteiger partial charge is 0.251 e. The Morgan fingerprint density at radius 1 is 0.846 bits per heavy atom. The number of nitrogens with one attached hydrogen (secondary N) is 1. The van der Waals surface area contributed by atoms with Crippen LogP contribution in [0.3, 0.4) is 0 Å². The monoisotopic (exact) mass is 349 g/mol. The zero-order valence-electron chi connectivity index (χ0n) is 16.9. The lowest BCUT2D eigenvalue weighted by molar-refractivity contribution is 0.0938. The lowest BCUT2D eigenvalue weighted by atomic mass is 9.79. The number of hydrogen-bond donors (Lipinski definition) is 1. The molecule has 2 nitrogen and oxygen atoms in total. The second kappa shape index (κ2) is 6.57. The molecule has 138 valence electrons. The van der Waals surface area contributed by atoms with Crippen molar-refractivity contribution in [3.8, 4) is 0 Å². The molecule has 0 aliphatic heterocycles. The summed E-state index contributed by atoms with van der Waals surface area (Å²) in [6, 6.07) is 15.0. The molecule has 3 rings (SSSR count). The number of fused-ring (bicyclic) bond motifs is 1. The first-order valence-electron chi connectivity index (χ1n) is 9.58. The lowest BCUT2D eigenvalue weighted by Gasteiger charge is -2.26. The summed E-state index contributed by atoms with van der Waals surface area (Å²) in [7, 11) is 0. The minimum atomic E-state index is 0.0138. The lowest BCUT2D eigenvalue weighted by Crippen LogP contribution is -2.35. The van der Waals surface area contributed by atoms with E-state index < -0.39 is 0 Å². The molecule has 0 saturated heterocycles. The predicted molar refractivity (Wildman–Crippen MR) is 109 cm³/mol. The van der Waals surface area contributed by atoms with Crippen molar-refractivity contribution >= 4 is 5.91 Å². The number of benzene rings is 2. The zero-order chi connectivity index (χ0) is 19.1. The summed E-state index contributed by atoms with van der Waals surface area (Å²) in [6.45, 7) is 13.2. The molecular formula is C24H31NO. The van der Waals surface area contributed by atoms with Crippen LogP contribution < -0.4 is 5.32 Å². The summed E-state index contributed by atoms with van der Waals surface area (Å²) in [5.41, 5.74) is 5.95. The van der Waals surface area contributed by atoms with Crippen molar-refractivity contribution in [2.45, 2.75) is 71.3 Å². The third-order valence-corrected chi connectivity index (χ3v) is 5.31. The third kappa shape index (κ3) is 4.00. The van der Waals surface area contributed by atoms with Gasteiger partial charge in [0, 0.05) is 11.6 Å². The van der Waals surface area contributed by atoms with Crippen LogP contribution in [0.15, 0.2) is 42.5 Å². The van der Waals surface area contributed by atoms with Gasteiger partial charge in [0.05, 0.1) is 0 Å². The van der Waals surface area contributed by atoms with Crippen molar-refractivity contribution in [2.75, 3.05) is 0 Å². The molecule has 1 amide bonds. The van der Waals surface area contributed by atoms with Gasteiger partial charge in [0.2, 0.25) is 0 Å². The summed E-state index contributed by atoms with van der Waals surface area (Å²) >= 11 is 0. The fourth-order valence-corrected chi connectivity index (χ4v) is 3.55. The highest BCUT2D eigenvalue weighted by Crippen LogP contribution is 2.30. The minimum absolute atomic E-state index is 0.0138. The van der Waals surface area contributed by atoms with E-state index >= 15 is 0 Å². The van der Waals surface area contributed by atoms with Crippen molar-refractivity contribution in [1.82, 2.24) is 5.32 Å². The van der Waals surface area contributed by atoms with Gasteiger partial charge in [-0.25, -0.2) is 0 Å². The van der Waals surface area contributed by atoms with Crippen LogP contribution in [-0.2, 0) is 23.7 Å². The maximum Gasteiger partial charge on any atom is 0.251 e. The van der Waals surface area contributed by atoms with Crippen LogP contribution in [0.1, 0.15) is 74.2 Å². The molecule has 0 atom stereocenters. The topological polar surface area (TPSA) is 29.1 Å². The maximum absolute atomic E-state index is 13.0. The summed E-state index contributed by atoms with van der Waals surface area (Å²) in [5, 5.41) is 3.26. The molecule has 0 saturated carbocycles. The largest absolute Gasteiger partial charge is 0.349 e. The van der Waals surface area contributed by atoms with Gasteiger partial charge in [0.15, 0.2) is 0 Å². The third-order valence-electron chi connectivity index (χ3n) is 5.31. The van der Waals surface area contributed by atoms with E-state index in [0.29, 0.717) is 0 Å². The quantitative estimate of drug-likeness (QED) is 0.795. The molecule has 2 heteroatoms. The van der Waals surface area contributed by atoms with Crippen LogP contribution in [0.25, 0.3) is 0 Å². The highest BCUT2D eigenvalue weighted by atomic mass is 16.1. The van der Waals surface area contributed by atoms with Gasteiger partial charge in [-0.3, -0.25) is 4.79 Å². The summed E-state index contributed by atoms with van der Waals surface area (Å²) < 4.78 is 0. The summed E-state index contributed by atoms with van der Waals surface area (Å²) in [6.07, 6.45) is 1.85. The molecule has 0 unspecified atom stereocenters. The van der Waals surface area contributed by atoms with Gasteiger partial charge in [0.1, 0.15) is 0 Å². The molecule has 1 N–H and O–H groups in total. The van der Waals surface area contributed by atoms with Gasteiger partial charge in [-0.05, 0) is 58.1 Å². The first-order valence-corrected chi connectivity index (χ1v) is 9.58. The van der Waals surface area contributed by atoms with Gasteiger partial charge in [-0.2, -0.15) is 0 Å².